The van der Waals surface area contributed by atoms with Crippen molar-refractivity contribution in [2.24, 2.45) is 5.14 Å². The van der Waals surface area contributed by atoms with Crippen molar-refractivity contribution in [1.29, 1.82) is 0 Å². The van der Waals surface area contributed by atoms with Crippen LogP contribution in [0.5, 0.6) is 0 Å². The monoisotopic (exact) mass is 192 g/mol. The molecule has 0 aromatic rings. The average molecular weight is 192 g/mol. The third-order valence-corrected chi connectivity index (χ3v) is 3.57. The van der Waals surface area contributed by atoms with Gasteiger partial charge in [-0.1, -0.05) is 11.8 Å². The molecule has 1 rings (SSSR count). The smallest absolute Gasteiger partial charge is 0.106 e. The first kappa shape index (κ1) is 9.25. The Bertz CT molecular complexity index is 176. The molecule has 11 heavy (non-hydrogen) atoms. The third-order valence-electron chi connectivity index (χ3n) is 1.34. The molecule has 0 amide bonds. The van der Waals surface area contributed by atoms with E-state index in [-0.39, 0.29) is 5.37 Å². The normalized spacial score (nSPS) is 24.7. The molecular weight excluding hydrogens is 180 g/mol. The Labute approximate surface area is 74.9 Å². The summed E-state index contributed by atoms with van der Waals surface area (Å²) in [6.45, 7) is 3.55. The van der Waals surface area contributed by atoms with Crippen molar-refractivity contribution < 1.29 is 5.11 Å². The Morgan fingerprint density at radius 2 is 2.45 bits per heavy atom. The number of rotatable bonds is 2. The molecule has 0 radical (unpaired) electrons. The fraction of sp³-hybridized carbons (Fsp3) is 0.667. The van der Waals surface area contributed by atoms with Crippen LogP contribution >= 0.6 is 23.7 Å². The topological polar surface area (TPSA) is 58.3 Å². The predicted octanol–water partition coefficient (Wildman–Crippen LogP) is 0.826. The van der Waals surface area contributed by atoms with E-state index in [1.54, 1.807) is 25.6 Å². The highest BCUT2D eigenvalue weighted by Gasteiger charge is 2.30. The van der Waals surface area contributed by atoms with Crippen LogP contribution in [-0.2, 0) is 0 Å². The number of hydrogen-bond acceptors (Lipinski definition) is 5. The fourth-order valence-electron chi connectivity index (χ4n) is 0.738. The quantitative estimate of drug-likeness (QED) is 0.566. The highest BCUT2D eigenvalue weighted by atomic mass is 32.2. The van der Waals surface area contributed by atoms with E-state index < -0.39 is 5.60 Å². The average Bonchev–Trinajstić information content (AvgIpc) is 2.32. The van der Waals surface area contributed by atoms with Crippen molar-refractivity contribution in [3.05, 3.63) is 10.4 Å². The lowest BCUT2D eigenvalue weighted by atomic mass is 10.1. The van der Waals surface area contributed by atoms with Crippen LogP contribution in [0.1, 0.15) is 13.8 Å². The molecule has 0 aromatic heterocycles. The number of nitrogens with one attached hydrogen (secondary N) is 1. The Morgan fingerprint density at radius 1 is 1.82 bits per heavy atom. The zero-order valence-electron chi connectivity index (χ0n) is 6.50. The summed E-state index contributed by atoms with van der Waals surface area (Å²) in [5.74, 6) is 0. The molecule has 4 N–H and O–H groups in total. The lowest BCUT2D eigenvalue weighted by molar-refractivity contribution is 0.0731. The van der Waals surface area contributed by atoms with Crippen molar-refractivity contribution >= 4 is 23.7 Å². The van der Waals surface area contributed by atoms with Gasteiger partial charge < -0.3 is 10.4 Å². The Balaban J connectivity index is 2.48. The van der Waals surface area contributed by atoms with E-state index in [1.165, 1.54) is 11.9 Å². The Kier molecular flexibility index (Phi) is 2.74. The number of thioether (sulfide) groups is 1. The van der Waals surface area contributed by atoms with E-state index in [2.05, 4.69) is 5.32 Å². The second kappa shape index (κ2) is 3.26. The van der Waals surface area contributed by atoms with Gasteiger partial charge in [-0.3, -0.25) is 5.14 Å². The summed E-state index contributed by atoms with van der Waals surface area (Å²) in [6, 6.07) is 0. The molecule has 3 nitrogen and oxygen atoms in total. The summed E-state index contributed by atoms with van der Waals surface area (Å²) in [7, 11) is 0. The minimum atomic E-state index is -0.710. The summed E-state index contributed by atoms with van der Waals surface area (Å²) in [4.78, 5) is 0. The van der Waals surface area contributed by atoms with Crippen LogP contribution in [0.3, 0.4) is 0 Å². The Morgan fingerprint density at radius 3 is 2.73 bits per heavy atom. The van der Waals surface area contributed by atoms with Gasteiger partial charge in [0.05, 0.1) is 9.84 Å². The highest BCUT2D eigenvalue weighted by Crippen LogP contribution is 2.36. The maximum absolute atomic E-state index is 9.56. The standard InChI is InChI=1S/C6H12N2OS2/c1-6(2,9)5-8-3-4(10-5)11-7/h3,5,8-9H,7H2,1-2H3. The van der Waals surface area contributed by atoms with E-state index in [1.807, 2.05) is 6.20 Å². The van der Waals surface area contributed by atoms with Crippen LogP contribution in [0.4, 0.5) is 0 Å². The van der Waals surface area contributed by atoms with Crippen LogP contribution in [-0.4, -0.2) is 16.1 Å². The summed E-state index contributed by atoms with van der Waals surface area (Å²) in [5, 5.41) is 18.0. The van der Waals surface area contributed by atoms with Crippen molar-refractivity contribution in [1.82, 2.24) is 5.32 Å². The molecule has 0 saturated carbocycles. The van der Waals surface area contributed by atoms with Crippen LogP contribution in [0, 0.1) is 0 Å². The zero-order chi connectivity index (χ0) is 8.48. The molecule has 1 atom stereocenters. The van der Waals surface area contributed by atoms with Crippen LogP contribution in [0.25, 0.3) is 0 Å². The van der Waals surface area contributed by atoms with E-state index in [0.717, 1.165) is 4.24 Å². The van der Waals surface area contributed by atoms with Crippen molar-refractivity contribution in [2.75, 3.05) is 0 Å². The van der Waals surface area contributed by atoms with E-state index in [4.69, 9.17) is 5.14 Å². The summed E-state index contributed by atoms with van der Waals surface area (Å²) >= 11 is 2.76. The van der Waals surface area contributed by atoms with Crippen molar-refractivity contribution in [3.8, 4) is 0 Å². The van der Waals surface area contributed by atoms with Gasteiger partial charge in [0.2, 0.25) is 0 Å². The van der Waals surface area contributed by atoms with E-state index >= 15 is 0 Å². The summed E-state index contributed by atoms with van der Waals surface area (Å²) < 4.78 is 1.01. The third kappa shape index (κ3) is 2.30. The van der Waals surface area contributed by atoms with Crippen molar-refractivity contribution in [3.63, 3.8) is 0 Å². The maximum Gasteiger partial charge on any atom is 0.106 e. The van der Waals surface area contributed by atoms with E-state index in [0.29, 0.717) is 0 Å². The van der Waals surface area contributed by atoms with Crippen LogP contribution in [0.15, 0.2) is 10.4 Å². The van der Waals surface area contributed by atoms with E-state index in [9.17, 15) is 5.11 Å². The molecule has 0 saturated heterocycles. The Hall–Kier alpha value is 0.160. The van der Waals surface area contributed by atoms with Gasteiger partial charge in [-0.2, -0.15) is 0 Å². The first-order valence-electron chi connectivity index (χ1n) is 3.26. The number of aliphatic hydroxyl groups is 1. The minimum Gasteiger partial charge on any atom is -0.387 e. The number of nitrogens with two attached hydrogens (primary N) is 1. The zero-order valence-corrected chi connectivity index (χ0v) is 8.13. The molecule has 0 fully saturated rings. The fourth-order valence-corrected chi connectivity index (χ4v) is 2.18. The molecule has 0 aliphatic carbocycles. The minimum absolute atomic E-state index is 0.0218. The van der Waals surface area contributed by atoms with Crippen LogP contribution < -0.4 is 10.5 Å². The van der Waals surface area contributed by atoms with Gasteiger partial charge in [0.25, 0.3) is 0 Å². The molecule has 1 heterocycles. The van der Waals surface area contributed by atoms with Gasteiger partial charge in [-0.05, 0) is 25.8 Å². The molecule has 64 valence electrons. The SMILES string of the molecule is CC(C)(O)C1NC=C(SN)S1. The molecule has 1 aliphatic heterocycles. The van der Waals surface area contributed by atoms with Gasteiger partial charge in [0.15, 0.2) is 0 Å². The van der Waals surface area contributed by atoms with Gasteiger partial charge in [-0.25, -0.2) is 0 Å². The second-order valence-electron chi connectivity index (χ2n) is 2.90. The molecule has 1 unspecified atom stereocenters. The molecule has 5 heteroatoms. The molecule has 1 aliphatic rings. The van der Waals surface area contributed by atoms with Gasteiger partial charge >= 0.3 is 0 Å². The number of hydrogen-bond donors (Lipinski definition) is 3. The lowest BCUT2D eigenvalue weighted by Crippen LogP contribution is -2.39. The molecular formula is C6H12N2OS2. The summed E-state index contributed by atoms with van der Waals surface area (Å²) in [5.41, 5.74) is -0.710. The second-order valence-corrected chi connectivity index (χ2v) is 4.98. The summed E-state index contributed by atoms with van der Waals surface area (Å²) in [6.07, 6.45) is 1.83. The molecule has 0 bridgehead atoms. The maximum atomic E-state index is 9.56. The van der Waals surface area contributed by atoms with Gasteiger partial charge in [-0.15, -0.1) is 0 Å². The van der Waals surface area contributed by atoms with Crippen LogP contribution in [0.2, 0.25) is 0 Å². The van der Waals surface area contributed by atoms with Gasteiger partial charge in [0, 0.05) is 6.20 Å². The predicted molar refractivity (Wildman–Crippen MR) is 50.7 cm³/mol. The highest BCUT2D eigenvalue weighted by molar-refractivity contribution is 8.21. The van der Waals surface area contributed by atoms with Gasteiger partial charge in [0.1, 0.15) is 5.37 Å². The van der Waals surface area contributed by atoms with Crippen molar-refractivity contribution in [2.45, 2.75) is 24.8 Å². The molecule has 0 aromatic carbocycles. The molecule has 0 spiro atoms. The first-order valence-corrected chi connectivity index (χ1v) is 5.02. The first-order chi connectivity index (χ1) is 5.04. The largest absolute Gasteiger partial charge is 0.387 e. The lowest BCUT2D eigenvalue weighted by Gasteiger charge is -2.24.